The first-order valence-electron chi connectivity index (χ1n) is 9.15. The molecule has 1 heterocycles. The van der Waals surface area contributed by atoms with Crippen molar-refractivity contribution in [1.82, 2.24) is 10.6 Å². The highest BCUT2D eigenvalue weighted by Crippen LogP contribution is 2.19. The van der Waals surface area contributed by atoms with Crippen molar-refractivity contribution >= 4 is 51.1 Å². The Morgan fingerprint density at radius 2 is 2.19 bits per heavy atom. The van der Waals surface area contributed by atoms with Gasteiger partial charge in [-0.05, 0) is 50.5 Å². The number of allylic oxidation sites excluding steroid dienone is 1. The molecule has 1 aliphatic carbocycles. The second kappa shape index (κ2) is 12.7. The predicted octanol–water partition coefficient (Wildman–Crippen LogP) is 2.95. The van der Waals surface area contributed by atoms with E-state index in [1.165, 1.54) is 31.3 Å². The van der Waals surface area contributed by atoms with Gasteiger partial charge >= 0.3 is 0 Å². The molecular weight excluding hydrogens is 497 g/mol. The number of halogens is 1. The topological polar surface area (TPSA) is 90.8 Å². The average Bonchev–Trinajstić information content (AvgIpc) is 3.16. The quantitative estimate of drug-likeness (QED) is 0.199. The van der Waals surface area contributed by atoms with Gasteiger partial charge in [-0.3, -0.25) is 4.99 Å². The first-order chi connectivity index (χ1) is 12.5. The molecule has 2 rings (SSSR count). The molecule has 6 nitrogen and oxygen atoms in total. The van der Waals surface area contributed by atoms with Gasteiger partial charge in [0.1, 0.15) is 4.21 Å². The SMILES string of the molecule is CCNC(=NCC(O)CS(=O)(=O)c1cccs1)NCCC1=CCCCC1.I. The van der Waals surface area contributed by atoms with Crippen molar-refractivity contribution in [2.45, 2.75) is 49.3 Å². The van der Waals surface area contributed by atoms with E-state index in [0.29, 0.717) is 12.5 Å². The minimum Gasteiger partial charge on any atom is -0.390 e. The summed E-state index contributed by atoms with van der Waals surface area (Å²) in [6, 6.07) is 3.25. The summed E-state index contributed by atoms with van der Waals surface area (Å²) in [6.07, 6.45) is 7.19. The number of guanidine groups is 1. The van der Waals surface area contributed by atoms with Crippen LogP contribution < -0.4 is 10.6 Å². The maximum Gasteiger partial charge on any atom is 0.191 e. The number of hydrogen-bond donors (Lipinski definition) is 3. The third-order valence-electron chi connectivity index (χ3n) is 4.14. The van der Waals surface area contributed by atoms with Crippen molar-refractivity contribution in [3.8, 4) is 0 Å². The van der Waals surface area contributed by atoms with Crippen LogP contribution in [-0.2, 0) is 9.84 Å². The molecule has 1 aliphatic rings. The molecule has 0 aromatic carbocycles. The highest BCUT2D eigenvalue weighted by Gasteiger charge is 2.20. The van der Waals surface area contributed by atoms with E-state index in [9.17, 15) is 13.5 Å². The Labute approximate surface area is 183 Å². The van der Waals surface area contributed by atoms with Gasteiger partial charge in [0.25, 0.3) is 0 Å². The van der Waals surface area contributed by atoms with E-state index in [0.717, 1.165) is 24.3 Å². The lowest BCUT2D eigenvalue weighted by atomic mass is 9.97. The van der Waals surface area contributed by atoms with Gasteiger partial charge in [-0.15, -0.1) is 35.3 Å². The summed E-state index contributed by atoms with van der Waals surface area (Å²) in [6.45, 7) is 3.50. The average molecular weight is 527 g/mol. The van der Waals surface area contributed by atoms with E-state index in [-0.39, 0.29) is 40.5 Å². The van der Waals surface area contributed by atoms with Crippen molar-refractivity contribution in [3.63, 3.8) is 0 Å². The Balaban J connectivity index is 0.00000364. The number of hydrogen-bond acceptors (Lipinski definition) is 5. The zero-order valence-corrected chi connectivity index (χ0v) is 19.6. The highest BCUT2D eigenvalue weighted by molar-refractivity contribution is 14.0. The zero-order chi connectivity index (χ0) is 18.8. The molecular formula is C18H30IN3O3S2. The molecule has 0 fully saturated rings. The van der Waals surface area contributed by atoms with Crippen molar-refractivity contribution in [2.24, 2.45) is 4.99 Å². The molecule has 3 N–H and O–H groups in total. The Bertz CT molecular complexity index is 703. The van der Waals surface area contributed by atoms with Crippen LogP contribution in [0.3, 0.4) is 0 Å². The molecule has 154 valence electrons. The third-order valence-corrected chi connectivity index (χ3v) is 7.43. The summed E-state index contributed by atoms with van der Waals surface area (Å²) in [5.74, 6) is 0.292. The fourth-order valence-corrected chi connectivity index (χ4v) is 5.31. The number of thiophene rings is 1. The molecule has 1 unspecified atom stereocenters. The Hall–Kier alpha value is -0.650. The summed E-state index contributed by atoms with van der Waals surface area (Å²) >= 11 is 1.16. The van der Waals surface area contributed by atoms with Crippen molar-refractivity contribution in [2.75, 3.05) is 25.4 Å². The molecule has 1 atom stereocenters. The molecule has 0 saturated carbocycles. The molecule has 0 bridgehead atoms. The maximum atomic E-state index is 12.2. The smallest absolute Gasteiger partial charge is 0.191 e. The van der Waals surface area contributed by atoms with E-state index in [1.54, 1.807) is 17.5 Å². The first-order valence-corrected chi connectivity index (χ1v) is 11.7. The van der Waals surface area contributed by atoms with E-state index >= 15 is 0 Å². The highest BCUT2D eigenvalue weighted by atomic mass is 127. The third kappa shape index (κ3) is 8.93. The van der Waals surface area contributed by atoms with Crippen LogP contribution in [0.25, 0.3) is 0 Å². The Kier molecular flexibility index (Phi) is 11.5. The fraction of sp³-hybridized carbons (Fsp3) is 0.611. The van der Waals surface area contributed by atoms with Gasteiger partial charge in [0.2, 0.25) is 0 Å². The zero-order valence-electron chi connectivity index (χ0n) is 15.7. The number of aliphatic hydroxyl groups excluding tert-OH is 1. The van der Waals surface area contributed by atoms with Gasteiger partial charge in [0, 0.05) is 13.1 Å². The minimum atomic E-state index is -3.46. The van der Waals surface area contributed by atoms with E-state index < -0.39 is 15.9 Å². The van der Waals surface area contributed by atoms with Crippen LogP contribution in [0.15, 0.2) is 38.4 Å². The van der Waals surface area contributed by atoms with E-state index in [1.807, 2.05) is 6.92 Å². The van der Waals surface area contributed by atoms with Crippen LogP contribution in [0, 0.1) is 0 Å². The number of sulfone groups is 1. The molecule has 0 saturated heterocycles. The summed E-state index contributed by atoms with van der Waals surface area (Å²) in [7, 11) is -3.46. The minimum absolute atomic E-state index is 0. The van der Waals surface area contributed by atoms with Gasteiger partial charge in [0.15, 0.2) is 15.8 Å². The van der Waals surface area contributed by atoms with Crippen LogP contribution in [0.4, 0.5) is 0 Å². The number of aliphatic hydroxyl groups is 1. The molecule has 0 spiro atoms. The van der Waals surface area contributed by atoms with Crippen molar-refractivity contribution in [3.05, 3.63) is 29.2 Å². The molecule has 0 aliphatic heterocycles. The van der Waals surface area contributed by atoms with Crippen LogP contribution in [0.5, 0.6) is 0 Å². The van der Waals surface area contributed by atoms with Crippen molar-refractivity contribution in [1.29, 1.82) is 0 Å². The molecule has 1 aromatic heterocycles. The normalized spacial score (nSPS) is 16.2. The van der Waals surface area contributed by atoms with Gasteiger partial charge in [0.05, 0.1) is 18.4 Å². The number of nitrogens with zero attached hydrogens (tertiary/aromatic N) is 1. The molecule has 1 aromatic rings. The van der Waals surface area contributed by atoms with Gasteiger partial charge in [-0.25, -0.2) is 8.42 Å². The lowest BCUT2D eigenvalue weighted by Gasteiger charge is -2.15. The summed E-state index contributed by atoms with van der Waals surface area (Å²) in [4.78, 5) is 4.33. The second-order valence-corrected chi connectivity index (χ2v) is 9.58. The largest absolute Gasteiger partial charge is 0.390 e. The standard InChI is InChI=1S/C18H29N3O3S2.HI/c1-2-19-18(20-11-10-15-7-4-3-5-8-15)21-13-16(22)14-26(23,24)17-9-6-12-25-17;/h6-7,9,12,16,22H,2-5,8,10-11,13-14H2,1H3,(H2,19,20,21);1H. The van der Waals surface area contributed by atoms with Crippen LogP contribution in [0.2, 0.25) is 0 Å². The second-order valence-electron chi connectivity index (χ2n) is 6.37. The van der Waals surface area contributed by atoms with Gasteiger partial charge in [-0.1, -0.05) is 17.7 Å². The van der Waals surface area contributed by atoms with E-state index in [2.05, 4.69) is 21.7 Å². The fourth-order valence-electron chi connectivity index (χ4n) is 2.84. The number of rotatable bonds is 9. The predicted molar refractivity (Wildman–Crippen MR) is 123 cm³/mol. The lowest BCUT2D eigenvalue weighted by Crippen LogP contribution is -2.39. The summed E-state index contributed by atoms with van der Waals surface area (Å²) < 4.78 is 24.7. The van der Waals surface area contributed by atoms with Crippen LogP contribution in [0.1, 0.15) is 39.0 Å². The Morgan fingerprint density at radius 3 is 2.81 bits per heavy atom. The van der Waals surface area contributed by atoms with Crippen LogP contribution in [-0.4, -0.2) is 51.0 Å². The Morgan fingerprint density at radius 1 is 1.37 bits per heavy atom. The van der Waals surface area contributed by atoms with E-state index in [4.69, 9.17) is 0 Å². The molecule has 0 radical (unpaired) electrons. The summed E-state index contributed by atoms with van der Waals surface area (Å²) in [5, 5.41) is 18.2. The first kappa shape index (κ1) is 24.4. The molecule has 9 heteroatoms. The monoisotopic (exact) mass is 527 g/mol. The van der Waals surface area contributed by atoms with Crippen LogP contribution >= 0.6 is 35.3 Å². The molecule has 0 amide bonds. The van der Waals surface area contributed by atoms with Gasteiger partial charge < -0.3 is 15.7 Å². The van der Waals surface area contributed by atoms with Gasteiger partial charge in [-0.2, -0.15) is 0 Å². The maximum absolute atomic E-state index is 12.2. The lowest BCUT2D eigenvalue weighted by molar-refractivity contribution is 0.206. The number of nitrogens with one attached hydrogen (secondary N) is 2. The molecule has 27 heavy (non-hydrogen) atoms. The summed E-state index contributed by atoms with van der Waals surface area (Å²) in [5.41, 5.74) is 1.49. The van der Waals surface area contributed by atoms with Crippen molar-refractivity contribution < 1.29 is 13.5 Å². The number of aliphatic imine (C=N–C) groups is 1.